The van der Waals surface area contributed by atoms with E-state index in [4.69, 9.17) is 0 Å². The highest BCUT2D eigenvalue weighted by molar-refractivity contribution is 5.90. The Morgan fingerprint density at radius 2 is 1.88 bits per heavy atom. The van der Waals surface area contributed by atoms with Gasteiger partial charge in [-0.2, -0.15) is 0 Å². The van der Waals surface area contributed by atoms with Crippen molar-refractivity contribution in [2.75, 3.05) is 0 Å². The zero-order valence-corrected chi connectivity index (χ0v) is 13.5. The van der Waals surface area contributed by atoms with Gasteiger partial charge < -0.3 is 10.1 Å². The molecule has 0 saturated carbocycles. The van der Waals surface area contributed by atoms with E-state index < -0.39 is 0 Å². The number of phenols is 1. The number of hydrogen-bond acceptors (Lipinski definition) is 3. The molecule has 4 rings (SSSR count). The quantitative estimate of drug-likeness (QED) is 0.757. The first-order valence-electron chi connectivity index (χ1n) is 8.23. The van der Waals surface area contributed by atoms with E-state index in [1.54, 1.807) is 18.5 Å². The maximum absolute atomic E-state index is 9.52. The lowest BCUT2D eigenvalue weighted by Crippen LogP contribution is -2.12. The Bertz CT molecular complexity index is 879. The van der Waals surface area contributed by atoms with Gasteiger partial charge in [0, 0.05) is 41.0 Å². The van der Waals surface area contributed by atoms with Crippen LogP contribution >= 0.6 is 0 Å². The second-order valence-electron chi connectivity index (χ2n) is 6.18. The molecule has 0 radical (unpaired) electrons. The summed E-state index contributed by atoms with van der Waals surface area (Å²) in [7, 11) is 0. The number of aromatic nitrogens is 3. The second-order valence-corrected chi connectivity index (χ2v) is 6.18. The fraction of sp³-hybridized carbons (Fsp3) is 0.200. The van der Waals surface area contributed by atoms with Crippen molar-refractivity contribution in [2.45, 2.75) is 19.8 Å². The van der Waals surface area contributed by atoms with Crippen LogP contribution in [0, 0.1) is 5.92 Å². The molecule has 120 valence electrons. The number of hydrogen-bond donors (Lipinski definition) is 2. The van der Waals surface area contributed by atoms with E-state index in [9.17, 15) is 5.11 Å². The molecular formula is C20H19N3O. The molecule has 2 heterocycles. The Hall–Kier alpha value is -2.88. The first-order chi connectivity index (χ1) is 11.8. The van der Waals surface area contributed by atoms with E-state index >= 15 is 0 Å². The molecule has 1 aromatic carbocycles. The van der Waals surface area contributed by atoms with Crippen molar-refractivity contribution in [3.63, 3.8) is 0 Å². The maximum atomic E-state index is 9.52. The van der Waals surface area contributed by atoms with Crippen molar-refractivity contribution in [1.29, 1.82) is 0 Å². The molecule has 0 aliphatic heterocycles. The Labute approximate surface area is 140 Å². The van der Waals surface area contributed by atoms with E-state index in [0.717, 1.165) is 29.5 Å². The smallest absolute Gasteiger partial charge is 0.115 e. The Morgan fingerprint density at radius 1 is 1.12 bits per heavy atom. The Morgan fingerprint density at radius 3 is 2.58 bits per heavy atom. The van der Waals surface area contributed by atoms with Crippen molar-refractivity contribution in [3.05, 3.63) is 66.0 Å². The predicted molar refractivity (Wildman–Crippen MR) is 95.3 cm³/mol. The van der Waals surface area contributed by atoms with Crippen LogP contribution in [0.3, 0.4) is 0 Å². The highest BCUT2D eigenvalue weighted by atomic mass is 16.3. The van der Waals surface area contributed by atoms with E-state index in [2.05, 4.69) is 34.1 Å². The van der Waals surface area contributed by atoms with Crippen molar-refractivity contribution >= 4 is 11.6 Å². The van der Waals surface area contributed by atoms with Crippen LogP contribution in [0.4, 0.5) is 0 Å². The fourth-order valence-corrected chi connectivity index (χ4v) is 3.45. The summed E-state index contributed by atoms with van der Waals surface area (Å²) in [6.45, 7) is 2.22. The van der Waals surface area contributed by atoms with Gasteiger partial charge in [-0.15, -0.1) is 0 Å². The second kappa shape index (κ2) is 5.96. The molecule has 0 spiro atoms. The minimum atomic E-state index is 0.284. The third-order valence-corrected chi connectivity index (χ3v) is 4.76. The number of aromatic amines is 1. The molecule has 4 nitrogen and oxygen atoms in total. The van der Waals surface area contributed by atoms with Crippen molar-refractivity contribution in [3.8, 4) is 16.9 Å². The van der Waals surface area contributed by atoms with Gasteiger partial charge in [0.05, 0.1) is 0 Å². The minimum Gasteiger partial charge on any atom is -0.508 e. The summed E-state index contributed by atoms with van der Waals surface area (Å²) in [4.78, 5) is 11.8. The number of phenolic OH excluding ortho intramolecular Hbond substituents is 1. The lowest BCUT2D eigenvalue weighted by atomic mass is 9.81. The Balaban J connectivity index is 1.83. The first kappa shape index (κ1) is 14.7. The summed E-state index contributed by atoms with van der Waals surface area (Å²) >= 11 is 0. The van der Waals surface area contributed by atoms with E-state index in [1.165, 1.54) is 16.8 Å². The van der Waals surface area contributed by atoms with Gasteiger partial charge in [-0.3, -0.25) is 0 Å². The van der Waals surface area contributed by atoms with Crippen molar-refractivity contribution in [1.82, 2.24) is 15.0 Å². The minimum absolute atomic E-state index is 0.284. The van der Waals surface area contributed by atoms with Crippen molar-refractivity contribution < 1.29 is 5.11 Å². The fourth-order valence-electron chi connectivity index (χ4n) is 3.45. The van der Waals surface area contributed by atoms with Crippen LogP contribution in [-0.4, -0.2) is 20.1 Å². The Kier molecular flexibility index (Phi) is 3.65. The molecule has 0 fully saturated rings. The van der Waals surface area contributed by atoms with Gasteiger partial charge in [-0.05, 0) is 48.1 Å². The van der Waals surface area contributed by atoms with Gasteiger partial charge in [-0.1, -0.05) is 19.1 Å². The topological polar surface area (TPSA) is 61.8 Å². The van der Waals surface area contributed by atoms with Crippen LogP contribution in [0.15, 0.2) is 49.2 Å². The van der Waals surface area contributed by atoms with Crippen LogP contribution in [0.1, 0.15) is 30.2 Å². The summed E-state index contributed by atoms with van der Waals surface area (Å²) in [6, 6.07) is 7.35. The molecule has 2 aromatic heterocycles. The van der Waals surface area contributed by atoms with E-state index in [-0.39, 0.29) is 5.75 Å². The van der Waals surface area contributed by atoms with Gasteiger partial charge >= 0.3 is 0 Å². The molecule has 24 heavy (non-hydrogen) atoms. The number of H-pyrrole nitrogens is 1. The third kappa shape index (κ3) is 2.50. The molecule has 1 aliphatic carbocycles. The number of benzene rings is 1. The van der Waals surface area contributed by atoms with Gasteiger partial charge in [0.2, 0.25) is 0 Å². The van der Waals surface area contributed by atoms with Gasteiger partial charge in [0.25, 0.3) is 0 Å². The molecule has 0 bridgehead atoms. The average Bonchev–Trinajstić information content (AvgIpc) is 3.05. The normalized spacial score (nSPS) is 16.5. The molecule has 3 aromatic rings. The molecule has 0 saturated heterocycles. The lowest BCUT2D eigenvalue weighted by molar-refractivity contribution is 0.475. The zero-order valence-electron chi connectivity index (χ0n) is 13.5. The standard InChI is InChI=1S/C20H19N3O/c1-2-13-7-20-18(8-17(13)15-9-21-12-22-10-15)19(11-23-20)14-3-5-16(24)6-4-14/h3-6,8-13,23-24H,2,7H2,1H3. The molecule has 1 aliphatic rings. The van der Waals surface area contributed by atoms with Gasteiger partial charge in [-0.25, -0.2) is 9.97 Å². The summed E-state index contributed by atoms with van der Waals surface area (Å²) in [5.41, 5.74) is 7.14. The summed E-state index contributed by atoms with van der Waals surface area (Å²) < 4.78 is 0. The summed E-state index contributed by atoms with van der Waals surface area (Å²) in [6.07, 6.45) is 11.7. The monoisotopic (exact) mass is 317 g/mol. The number of fused-ring (bicyclic) bond motifs is 1. The van der Waals surface area contributed by atoms with E-state index in [1.807, 2.05) is 24.5 Å². The number of nitrogens with zero attached hydrogens (tertiary/aromatic N) is 2. The maximum Gasteiger partial charge on any atom is 0.115 e. The lowest BCUT2D eigenvalue weighted by Gasteiger charge is -2.24. The average molecular weight is 317 g/mol. The molecule has 1 unspecified atom stereocenters. The van der Waals surface area contributed by atoms with Crippen LogP contribution in [0.25, 0.3) is 22.8 Å². The molecular weight excluding hydrogens is 298 g/mol. The molecule has 2 N–H and O–H groups in total. The zero-order chi connectivity index (χ0) is 16.5. The van der Waals surface area contributed by atoms with Gasteiger partial charge in [0.15, 0.2) is 0 Å². The largest absolute Gasteiger partial charge is 0.508 e. The first-order valence-corrected chi connectivity index (χ1v) is 8.23. The SMILES string of the molecule is CCC1Cc2[nH]cc(-c3ccc(O)cc3)c2C=C1c1cncnc1. The molecule has 4 heteroatoms. The van der Waals surface area contributed by atoms with Crippen LogP contribution in [-0.2, 0) is 6.42 Å². The molecule has 0 amide bonds. The van der Waals surface area contributed by atoms with E-state index in [0.29, 0.717) is 5.92 Å². The number of rotatable bonds is 3. The summed E-state index contributed by atoms with van der Waals surface area (Å²) in [5.74, 6) is 0.752. The number of aromatic hydroxyl groups is 1. The number of allylic oxidation sites excluding steroid dienone is 1. The van der Waals surface area contributed by atoms with Crippen molar-refractivity contribution in [2.24, 2.45) is 5.92 Å². The summed E-state index contributed by atoms with van der Waals surface area (Å²) in [5, 5.41) is 9.52. The highest BCUT2D eigenvalue weighted by Crippen LogP contribution is 2.40. The predicted octanol–water partition coefficient (Wildman–Crippen LogP) is 4.30. The van der Waals surface area contributed by atoms with Crippen LogP contribution < -0.4 is 0 Å². The molecule has 1 atom stereocenters. The van der Waals surface area contributed by atoms with Crippen LogP contribution in [0.2, 0.25) is 0 Å². The highest BCUT2D eigenvalue weighted by Gasteiger charge is 2.24. The van der Waals surface area contributed by atoms with Crippen LogP contribution in [0.5, 0.6) is 5.75 Å². The number of nitrogens with one attached hydrogen (secondary N) is 1. The third-order valence-electron chi connectivity index (χ3n) is 4.76. The van der Waals surface area contributed by atoms with Gasteiger partial charge in [0.1, 0.15) is 12.1 Å².